The molecule has 0 aliphatic carbocycles. The molecule has 1 N–H and O–H groups in total. The highest BCUT2D eigenvalue weighted by Gasteiger charge is 2.19. The topological polar surface area (TPSA) is 72.5 Å². The van der Waals surface area contributed by atoms with Gasteiger partial charge in [0.2, 0.25) is 5.91 Å². The molecule has 1 aliphatic rings. The first-order valence-electron chi connectivity index (χ1n) is 5.73. The highest BCUT2D eigenvalue weighted by atomic mass is 32.2. The van der Waals surface area contributed by atoms with Crippen molar-refractivity contribution in [3.63, 3.8) is 0 Å². The number of rotatable bonds is 6. The van der Waals surface area contributed by atoms with E-state index in [2.05, 4.69) is 5.32 Å². The van der Waals surface area contributed by atoms with E-state index in [1.165, 1.54) is 6.08 Å². The predicted octanol–water partition coefficient (Wildman–Crippen LogP) is 0.272. The number of allylic oxidation sites excluding steroid dienone is 1. The minimum absolute atomic E-state index is 0.0391. The van der Waals surface area contributed by atoms with E-state index in [4.69, 9.17) is 4.74 Å². The van der Waals surface area contributed by atoms with Crippen LogP contribution in [0.1, 0.15) is 19.8 Å². The second-order valence-corrected chi connectivity index (χ2v) is 6.17. The van der Waals surface area contributed by atoms with Crippen molar-refractivity contribution >= 4 is 15.7 Å². The van der Waals surface area contributed by atoms with Gasteiger partial charge in [-0.25, -0.2) is 8.42 Å². The van der Waals surface area contributed by atoms with Crippen molar-refractivity contribution in [2.45, 2.75) is 25.9 Å². The molecular weight excluding hydrogens is 242 g/mol. The summed E-state index contributed by atoms with van der Waals surface area (Å²) in [5, 5.41) is 2.59. The van der Waals surface area contributed by atoms with Gasteiger partial charge in [-0.05, 0) is 19.8 Å². The van der Waals surface area contributed by atoms with Crippen LogP contribution in [0.15, 0.2) is 12.2 Å². The summed E-state index contributed by atoms with van der Waals surface area (Å²) in [6, 6.07) is 0. The van der Waals surface area contributed by atoms with E-state index in [0.717, 1.165) is 19.4 Å². The fourth-order valence-corrected chi connectivity index (χ4v) is 2.69. The van der Waals surface area contributed by atoms with E-state index in [9.17, 15) is 13.2 Å². The van der Waals surface area contributed by atoms with Crippen LogP contribution in [-0.2, 0) is 19.4 Å². The van der Waals surface area contributed by atoms with Gasteiger partial charge in [0.25, 0.3) is 0 Å². The third-order valence-corrected chi connectivity index (χ3v) is 3.89. The van der Waals surface area contributed by atoms with Crippen LogP contribution in [0.5, 0.6) is 0 Å². The van der Waals surface area contributed by atoms with Crippen LogP contribution >= 0.6 is 0 Å². The highest BCUT2D eigenvalue weighted by molar-refractivity contribution is 7.92. The summed E-state index contributed by atoms with van der Waals surface area (Å²) in [7, 11) is -3.33. The number of nitrogens with one attached hydrogen (secondary N) is 1. The summed E-state index contributed by atoms with van der Waals surface area (Å²) >= 11 is 0. The van der Waals surface area contributed by atoms with Crippen LogP contribution in [0, 0.1) is 0 Å². The minimum atomic E-state index is -3.33. The highest BCUT2D eigenvalue weighted by Crippen LogP contribution is 2.10. The number of carbonyl (C=O) groups is 1. The predicted molar refractivity (Wildman–Crippen MR) is 65.5 cm³/mol. The molecule has 0 aromatic heterocycles. The van der Waals surface area contributed by atoms with Crippen molar-refractivity contribution in [2.75, 3.05) is 24.7 Å². The Balaban J connectivity index is 2.28. The Kier molecular flexibility index (Phi) is 5.64. The molecule has 98 valence electrons. The van der Waals surface area contributed by atoms with Gasteiger partial charge in [0.05, 0.1) is 11.9 Å². The van der Waals surface area contributed by atoms with E-state index in [-0.39, 0.29) is 11.9 Å². The van der Waals surface area contributed by atoms with Crippen LogP contribution in [0.2, 0.25) is 0 Å². The first-order chi connectivity index (χ1) is 8.03. The first kappa shape index (κ1) is 14.2. The Morgan fingerprint density at radius 2 is 2.29 bits per heavy atom. The number of sulfone groups is 1. The second-order valence-electron chi connectivity index (χ2n) is 4.06. The van der Waals surface area contributed by atoms with Crippen molar-refractivity contribution in [1.82, 2.24) is 5.32 Å². The fourth-order valence-electron chi connectivity index (χ4n) is 1.59. The zero-order chi connectivity index (χ0) is 12.7. The smallest absolute Gasteiger partial charge is 0.235 e. The van der Waals surface area contributed by atoms with Gasteiger partial charge in [-0.1, -0.05) is 12.2 Å². The lowest BCUT2D eigenvalue weighted by molar-refractivity contribution is -0.119. The Morgan fingerprint density at radius 3 is 2.88 bits per heavy atom. The summed E-state index contributed by atoms with van der Waals surface area (Å²) in [5.41, 5.74) is 0. The zero-order valence-electron chi connectivity index (χ0n) is 10.0. The molecular formula is C11H19NO4S. The number of hydrogen-bond acceptors (Lipinski definition) is 4. The third kappa shape index (κ3) is 5.83. The fraction of sp³-hybridized carbons (Fsp3) is 0.727. The average Bonchev–Trinajstić information content (AvgIpc) is 2.76. The number of hydrogen-bond donors (Lipinski definition) is 1. The summed E-state index contributed by atoms with van der Waals surface area (Å²) < 4.78 is 28.2. The first-order valence-corrected chi connectivity index (χ1v) is 7.55. The van der Waals surface area contributed by atoms with Crippen LogP contribution < -0.4 is 5.32 Å². The van der Waals surface area contributed by atoms with E-state index in [1.807, 2.05) is 0 Å². The molecule has 6 heteroatoms. The Hall–Kier alpha value is -0.880. The molecule has 0 aromatic rings. The molecule has 1 amide bonds. The molecule has 0 radical (unpaired) electrons. The maximum atomic E-state index is 11.5. The van der Waals surface area contributed by atoms with E-state index >= 15 is 0 Å². The maximum absolute atomic E-state index is 11.5. The summed E-state index contributed by atoms with van der Waals surface area (Å²) in [6.07, 6.45) is 5.15. The summed E-state index contributed by atoms with van der Waals surface area (Å²) in [5.74, 6) is -0.994. The summed E-state index contributed by atoms with van der Waals surface area (Å²) in [6.45, 7) is 2.87. The van der Waals surface area contributed by atoms with Crippen molar-refractivity contribution in [2.24, 2.45) is 0 Å². The molecule has 1 heterocycles. The summed E-state index contributed by atoms with van der Waals surface area (Å²) in [4.78, 5) is 11.4. The Morgan fingerprint density at radius 1 is 1.53 bits per heavy atom. The molecule has 0 bridgehead atoms. The molecule has 0 saturated carbocycles. The lowest BCUT2D eigenvalue weighted by atomic mass is 10.2. The van der Waals surface area contributed by atoms with Gasteiger partial charge >= 0.3 is 0 Å². The molecule has 0 aromatic carbocycles. The van der Waals surface area contributed by atoms with E-state index in [1.54, 1.807) is 13.0 Å². The third-order valence-electron chi connectivity index (χ3n) is 2.49. The Bertz CT molecular complexity index is 369. The van der Waals surface area contributed by atoms with Crippen molar-refractivity contribution in [1.29, 1.82) is 0 Å². The van der Waals surface area contributed by atoms with E-state index in [0.29, 0.717) is 6.54 Å². The lowest BCUT2D eigenvalue weighted by Gasteiger charge is -2.10. The molecule has 1 aliphatic heterocycles. The largest absolute Gasteiger partial charge is 0.376 e. The van der Waals surface area contributed by atoms with Gasteiger partial charge in [-0.15, -0.1) is 0 Å². The minimum Gasteiger partial charge on any atom is -0.376 e. The molecule has 17 heavy (non-hydrogen) atoms. The molecule has 1 rings (SSSR count). The standard InChI is InChI=1S/C11H19NO4S/c1-2-3-7-17(14,15)9-11(13)12-8-10-5-4-6-16-10/h2-3,10H,4-9H2,1H3,(H,12,13)/b3-2+. The zero-order valence-corrected chi connectivity index (χ0v) is 10.8. The van der Waals surface area contributed by atoms with E-state index < -0.39 is 21.5 Å². The second kappa shape index (κ2) is 6.76. The number of ether oxygens (including phenoxy) is 1. The number of amides is 1. The van der Waals surface area contributed by atoms with Crippen LogP contribution in [0.3, 0.4) is 0 Å². The molecule has 1 unspecified atom stereocenters. The van der Waals surface area contributed by atoms with Gasteiger partial charge in [-0.3, -0.25) is 4.79 Å². The maximum Gasteiger partial charge on any atom is 0.235 e. The average molecular weight is 261 g/mol. The molecule has 0 spiro atoms. The van der Waals surface area contributed by atoms with Crippen molar-refractivity contribution in [3.05, 3.63) is 12.2 Å². The SMILES string of the molecule is C/C=C/CS(=O)(=O)CC(=O)NCC1CCCO1. The molecule has 1 saturated heterocycles. The lowest BCUT2D eigenvalue weighted by Crippen LogP contribution is -2.36. The quantitative estimate of drug-likeness (QED) is 0.697. The van der Waals surface area contributed by atoms with Gasteiger partial charge in [0, 0.05) is 13.2 Å². The van der Waals surface area contributed by atoms with Gasteiger partial charge in [-0.2, -0.15) is 0 Å². The normalized spacial score (nSPS) is 20.9. The Labute approximate surface area is 102 Å². The van der Waals surface area contributed by atoms with Gasteiger partial charge in [0.15, 0.2) is 9.84 Å². The van der Waals surface area contributed by atoms with Gasteiger partial charge in [0.1, 0.15) is 5.75 Å². The van der Waals surface area contributed by atoms with Crippen LogP contribution in [0.25, 0.3) is 0 Å². The number of carbonyl (C=O) groups excluding carboxylic acids is 1. The molecule has 1 atom stereocenters. The van der Waals surface area contributed by atoms with Gasteiger partial charge < -0.3 is 10.1 Å². The molecule has 5 nitrogen and oxygen atoms in total. The van der Waals surface area contributed by atoms with Crippen molar-refractivity contribution in [3.8, 4) is 0 Å². The molecule has 1 fully saturated rings. The van der Waals surface area contributed by atoms with Crippen LogP contribution in [-0.4, -0.2) is 45.1 Å². The van der Waals surface area contributed by atoms with Crippen molar-refractivity contribution < 1.29 is 17.9 Å². The van der Waals surface area contributed by atoms with Crippen LogP contribution in [0.4, 0.5) is 0 Å². The monoisotopic (exact) mass is 261 g/mol.